The number of pyridine rings is 1. The van der Waals surface area contributed by atoms with Crippen LogP contribution in [0, 0.1) is 0 Å². The van der Waals surface area contributed by atoms with Gasteiger partial charge in [-0.15, -0.1) is 11.6 Å². The van der Waals surface area contributed by atoms with Gasteiger partial charge in [0.05, 0.1) is 7.11 Å². The molecule has 0 amide bonds. The highest BCUT2D eigenvalue weighted by Crippen LogP contribution is 2.22. The van der Waals surface area contributed by atoms with E-state index in [1.54, 1.807) is 13.2 Å². The summed E-state index contributed by atoms with van der Waals surface area (Å²) in [5, 5.41) is 3.22. The number of aromatic nitrogens is 1. The average molecular weight is 249 g/mol. The molecule has 0 aliphatic heterocycles. The Morgan fingerprint density at radius 3 is 2.76 bits per heavy atom. The van der Waals surface area contributed by atoms with Gasteiger partial charge in [-0.2, -0.15) is 4.98 Å². The highest BCUT2D eigenvalue weighted by atomic mass is 35.5. The molecule has 1 N–H and O–H groups in total. The van der Waals surface area contributed by atoms with Crippen LogP contribution in [-0.2, 0) is 5.88 Å². The van der Waals surface area contributed by atoms with E-state index in [4.69, 9.17) is 16.3 Å². The first-order valence-electron chi connectivity index (χ1n) is 5.25. The lowest BCUT2D eigenvalue weighted by molar-refractivity contribution is 0.398. The molecule has 0 spiro atoms. The fourth-order valence-electron chi connectivity index (χ4n) is 1.49. The van der Waals surface area contributed by atoms with Gasteiger partial charge in [-0.3, -0.25) is 0 Å². The third-order valence-electron chi connectivity index (χ3n) is 2.36. The number of halogens is 1. The second kappa shape index (κ2) is 5.55. The van der Waals surface area contributed by atoms with Crippen LogP contribution in [0.4, 0.5) is 11.5 Å². The van der Waals surface area contributed by atoms with Crippen molar-refractivity contribution in [2.24, 2.45) is 0 Å². The zero-order chi connectivity index (χ0) is 12.1. The van der Waals surface area contributed by atoms with E-state index in [2.05, 4.69) is 10.3 Å². The number of benzene rings is 1. The Morgan fingerprint density at radius 2 is 2.00 bits per heavy atom. The smallest absolute Gasteiger partial charge is 0.214 e. The maximum Gasteiger partial charge on any atom is 0.214 e. The number of nitrogens with zero attached hydrogens (tertiary/aromatic N) is 1. The molecule has 0 bridgehead atoms. The van der Waals surface area contributed by atoms with E-state index in [0.717, 1.165) is 17.1 Å². The van der Waals surface area contributed by atoms with Crippen molar-refractivity contribution >= 4 is 23.1 Å². The number of para-hydroxylation sites is 1. The van der Waals surface area contributed by atoms with Crippen molar-refractivity contribution in [3.8, 4) is 5.88 Å². The number of anilines is 2. The molecule has 2 aromatic rings. The first kappa shape index (κ1) is 11.7. The fourth-order valence-corrected chi connectivity index (χ4v) is 1.73. The maximum atomic E-state index is 5.87. The van der Waals surface area contributed by atoms with Gasteiger partial charge >= 0.3 is 0 Å². The van der Waals surface area contributed by atoms with Gasteiger partial charge < -0.3 is 10.1 Å². The summed E-state index contributed by atoms with van der Waals surface area (Å²) in [6, 6.07) is 13.4. The van der Waals surface area contributed by atoms with E-state index in [1.807, 2.05) is 36.4 Å². The Labute approximate surface area is 105 Å². The lowest BCUT2D eigenvalue weighted by Crippen LogP contribution is -1.97. The van der Waals surface area contributed by atoms with Crippen molar-refractivity contribution in [2.45, 2.75) is 5.88 Å². The van der Waals surface area contributed by atoms with Crippen molar-refractivity contribution in [3.05, 3.63) is 48.0 Å². The Morgan fingerprint density at radius 1 is 1.18 bits per heavy atom. The Bertz CT molecular complexity index is 502. The van der Waals surface area contributed by atoms with E-state index in [1.165, 1.54) is 0 Å². The minimum Gasteiger partial charge on any atom is -0.481 e. The Balaban J connectivity index is 2.24. The third-order valence-corrected chi connectivity index (χ3v) is 2.64. The molecular weight excluding hydrogens is 236 g/mol. The monoisotopic (exact) mass is 248 g/mol. The summed E-state index contributed by atoms with van der Waals surface area (Å²) in [5.41, 5.74) is 2.00. The molecule has 1 aromatic carbocycles. The first-order valence-corrected chi connectivity index (χ1v) is 5.79. The molecule has 0 radical (unpaired) electrons. The summed E-state index contributed by atoms with van der Waals surface area (Å²) < 4.78 is 5.07. The van der Waals surface area contributed by atoms with Gasteiger partial charge in [-0.1, -0.05) is 24.3 Å². The van der Waals surface area contributed by atoms with Gasteiger partial charge in [0.25, 0.3) is 0 Å². The lowest BCUT2D eigenvalue weighted by atomic mass is 10.2. The van der Waals surface area contributed by atoms with Crippen molar-refractivity contribution in [1.29, 1.82) is 0 Å². The molecule has 1 heterocycles. The number of rotatable bonds is 4. The summed E-state index contributed by atoms with van der Waals surface area (Å²) in [7, 11) is 1.60. The van der Waals surface area contributed by atoms with Crippen LogP contribution in [0.1, 0.15) is 5.56 Å². The zero-order valence-electron chi connectivity index (χ0n) is 9.48. The largest absolute Gasteiger partial charge is 0.481 e. The molecule has 0 saturated carbocycles. The van der Waals surface area contributed by atoms with Gasteiger partial charge in [0.2, 0.25) is 5.88 Å². The second-order valence-electron chi connectivity index (χ2n) is 3.48. The van der Waals surface area contributed by atoms with Crippen molar-refractivity contribution in [2.75, 3.05) is 12.4 Å². The number of ether oxygens (including phenoxy) is 1. The van der Waals surface area contributed by atoms with E-state index in [9.17, 15) is 0 Å². The normalized spacial score (nSPS) is 10.0. The first-order chi connectivity index (χ1) is 8.33. The van der Waals surface area contributed by atoms with E-state index < -0.39 is 0 Å². The van der Waals surface area contributed by atoms with Gasteiger partial charge in [0, 0.05) is 17.6 Å². The second-order valence-corrected chi connectivity index (χ2v) is 3.75. The molecule has 0 aliphatic rings. The Hall–Kier alpha value is -1.74. The number of hydrogen-bond donors (Lipinski definition) is 1. The van der Waals surface area contributed by atoms with E-state index in [0.29, 0.717) is 11.8 Å². The molecule has 0 aliphatic carbocycles. The van der Waals surface area contributed by atoms with Crippen LogP contribution >= 0.6 is 11.6 Å². The van der Waals surface area contributed by atoms with Crippen LogP contribution in [0.2, 0.25) is 0 Å². The average Bonchev–Trinajstić information content (AvgIpc) is 2.39. The number of nitrogens with one attached hydrogen (secondary N) is 1. The van der Waals surface area contributed by atoms with E-state index >= 15 is 0 Å². The summed E-state index contributed by atoms with van der Waals surface area (Å²) in [6.07, 6.45) is 0. The van der Waals surface area contributed by atoms with Gasteiger partial charge in [-0.05, 0) is 17.7 Å². The summed E-state index contributed by atoms with van der Waals surface area (Å²) in [5.74, 6) is 1.79. The minimum atomic E-state index is 0.465. The molecule has 0 fully saturated rings. The van der Waals surface area contributed by atoms with Crippen LogP contribution in [0.3, 0.4) is 0 Å². The zero-order valence-corrected chi connectivity index (χ0v) is 10.2. The summed E-state index contributed by atoms with van der Waals surface area (Å²) in [4.78, 5) is 4.29. The predicted octanol–water partition coefficient (Wildman–Crippen LogP) is 3.57. The minimum absolute atomic E-state index is 0.465. The van der Waals surface area contributed by atoms with E-state index in [-0.39, 0.29) is 0 Å². The van der Waals surface area contributed by atoms with Crippen molar-refractivity contribution < 1.29 is 4.74 Å². The molecule has 88 valence electrons. The van der Waals surface area contributed by atoms with Gasteiger partial charge in [-0.25, -0.2) is 0 Å². The number of methoxy groups -OCH3 is 1. The highest BCUT2D eigenvalue weighted by molar-refractivity contribution is 6.17. The Kier molecular flexibility index (Phi) is 3.83. The number of alkyl halides is 1. The molecule has 0 atom stereocenters. The van der Waals surface area contributed by atoms with Crippen molar-refractivity contribution in [3.63, 3.8) is 0 Å². The molecule has 3 nitrogen and oxygen atoms in total. The summed E-state index contributed by atoms with van der Waals surface area (Å²) in [6.45, 7) is 0. The fraction of sp³-hybridized carbons (Fsp3) is 0.154. The lowest BCUT2D eigenvalue weighted by Gasteiger charge is -2.10. The van der Waals surface area contributed by atoms with Crippen LogP contribution in [0.15, 0.2) is 42.5 Å². The molecule has 1 aromatic heterocycles. The molecule has 4 heteroatoms. The maximum absolute atomic E-state index is 5.87. The molecule has 0 unspecified atom stereocenters. The quantitative estimate of drug-likeness (QED) is 0.840. The standard InChI is InChI=1S/C13H13ClN2O/c1-17-13-8-4-7-12(16-13)15-11-6-3-2-5-10(11)9-14/h2-8H,9H2,1H3,(H,15,16). The van der Waals surface area contributed by atoms with Crippen LogP contribution in [0.5, 0.6) is 5.88 Å². The topological polar surface area (TPSA) is 34.1 Å². The predicted molar refractivity (Wildman–Crippen MR) is 70.1 cm³/mol. The van der Waals surface area contributed by atoms with Crippen LogP contribution in [-0.4, -0.2) is 12.1 Å². The molecule has 2 rings (SSSR count). The SMILES string of the molecule is COc1cccc(Nc2ccccc2CCl)n1. The van der Waals surface area contributed by atoms with Crippen LogP contribution in [0.25, 0.3) is 0 Å². The molecule has 17 heavy (non-hydrogen) atoms. The highest BCUT2D eigenvalue weighted by Gasteiger charge is 2.02. The van der Waals surface area contributed by atoms with Gasteiger partial charge in [0.15, 0.2) is 0 Å². The van der Waals surface area contributed by atoms with Gasteiger partial charge in [0.1, 0.15) is 5.82 Å². The third kappa shape index (κ3) is 2.88. The van der Waals surface area contributed by atoms with Crippen LogP contribution < -0.4 is 10.1 Å². The molecule has 0 saturated heterocycles. The number of hydrogen-bond acceptors (Lipinski definition) is 3. The van der Waals surface area contributed by atoms with Crippen molar-refractivity contribution in [1.82, 2.24) is 4.98 Å². The molecular formula is C13H13ClN2O. The summed E-state index contributed by atoms with van der Waals surface area (Å²) >= 11 is 5.87.